The number of fused-ring (bicyclic) bond motifs is 1. The van der Waals surface area contributed by atoms with E-state index in [2.05, 4.69) is 0 Å². The van der Waals surface area contributed by atoms with Crippen LogP contribution in [0.4, 0.5) is 5.69 Å². The second-order valence-corrected chi connectivity index (χ2v) is 9.51. The van der Waals surface area contributed by atoms with Gasteiger partial charge in [-0.1, -0.05) is 18.2 Å². The van der Waals surface area contributed by atoms with Gasteiger partial charge in [0, 0.05) is 12.6 Å². The van der Waals surface area contributed by atoms with Gasteiger partial charge in [0.25, 0.3) is 15.9 Å². The molecule has 0 fully saturated rings. The molecule has 1 heterocycles. The summed E-state index contributed by atoms with van der Waals surface area (Å²) >= 11 is 0. The number of rotatable bonds is 8. The number of para-hydroxylation sites is 1. The fourth-order valence-corrected chi connectivity index (χ4v) is 5.22. The molecule has 172 valence electrons. The average Bonchev–Trinajstić information content (AvgIpc) is 3.21. The second kappa shape index (κ2) is 9.60. The number of esters is 1. The number of methoxy groups -OCH3 is 1. The quantitative estimate of drug-likeness (QED) is 0.563. The number of sulfonamides is 1. The van der Waals surface area contributed by atoms with Gasteiger partial charge in [0.1, 0.15) is 12.3 Å². The Hall–Kier alpha value is -3.07. The van der Waals surface area contributed by atoms with Crippen LogP contribution in [0.1, 0.15) is 36.7 Å². The Morgan fingerprint density at radius 3 is 2.53 bits per heavy atom. The SMILES string of the molecule is CCOC(=O)CN(C(=O)c1cc(S(=O)(=O)N2CCc3ccccc32)ccc1OC)C(C)C. The van der Waals surface area contributed by atoms with Crippen LogP contribution in [0.2, 0.25) is 0 Å². The third-order valence-corrected chi connectivity index (χ3v) is 7.13. The van der Waals surface area contributed by atoms with Crippen molar-refractivity contribution in [3.63, 3.8) is 0 Å². The molecule has 0 saturated carbocycles. The fraction of sp³-hybridized carbons (Fsp3) is 0.391. The zero-order valence-electron chi connectivity index (χ0n) is 18.7. The summed E-state index contributed by atoms with van der Waals surface area (Å²) in [5.74, 6) is -0.819. The predicted octanol–water partition coefficient (Wildman–Crippen LogP) is 2.86. The van der Waals surface area contributed by atoms with E-state index >= 15 is 0 Å². The highest BCUT2D eigenvalue weighted by molar-refractivity contribution is 7.92. The van der Waals surface area contributed by atoms with Gasteiger partial charge >= 0.3 is 5.97 Å². The monoisotopic (exact) mass is 460 g/mol. The summed E-state index contributed by atoms with van der Waals surface area (Å²) in [5, 5.41) is 0. The Bertz CT molecular complexity index is 1110. The number of hydrogen-bond acceptors (Lipinski definition) is 6. The van der Waals surface area contributed by atoms with E-state index in [-0.39, 0.29) is 35.4 Å². The maximum absolute atomic E-state index is 13.4. The molecule has 1 aliphatic rings. The summed E-state index contributed by atoms with van der Waals surface area (Å²) in [6.07, 6.45) is 0.623. The number of carbonyl (C=O) groups excluding carboxylic acids is 2. The molecule has 3 rings (SSSR count). The van der Waals surface area contributed by atoms with Crippen LogP contribution >= 0.6 is 0 Å². The van der Waals surface area contributed by atoms with Crippen LogP contribution in [0.5, 0.6) is 5.75 Å². The topological polar surface area (TPSA) is 93.2 Å². The summed E-state index contributed by atoms with van der Waals surface area (Å²) in [6, 6.07) is 11.2. The van der Waals surface area contributed by atoms with E-state index in [1.165, 1.54) is 34.5 Å². The average molecular weight is 461 g/mol. The van der Waals surface area contributed by atoms with Crippen LogP contribution in [0.3, 0.4) is 0 Å². The molecular weight excluding hydrogens is 432 g/mol. The molecule has 0 radical (unpaired) electrons. The molecule has 0 saturated heterocycles. The Morgan fingerprint density at radius 1 is 1.16 bits per heavy atom. The van der Waals surface area contributed by atoms with Crippen molar-refractivity contribution in [1.82, 2.24) is 4.90 Å². The number of nitrogens with zero attached hydrogens (tertiary/aromatic N) is 2. The number of anilines is 1. The number of ether oxygens (including phenoxy) is 2. The summed E-state index contributed by atoms with van der Waals surface area (Å²) in [4.78, 5) is 26.7. The lowest BCUT2D eigenvalue weighted by molar-refractivity contribution is -0.144. The molecule has 0 atom stereocenters. The largest absolute Gasteiger partial charge is 0.496 e. The van der Waals surface area contributed by atoms with Crippen molar-refractivity contribution >= 4 is 27.6 Å². The van der Waals surface area contributed by atoms with Crippen molar-refractivity contribution < 1.29 is 27.5 Å². The molecule has 0 aromatic heterocycles. The standard InChI is InChI=1S/C23H28N2O6S/c1-5-31-22(26)15-24(16(2)3)23(27)19-14-18(10-11-21(19)30-4)32(28,29)25-13-12-17-8-6-7-9-20(17)25/h6-11,14,16H,5,12-13,15H2,1-4H3. The van der Waals surface area contributed by atoms with Crippen molar-refractivity contribution in [3.8, 4) is 5.75 Å². The van der Waals surface area contributed by atoms with Crippen LogP contribution in [0, 0.1) is 0 Å². The van der Waals surface area contributed by atoms with Gasteiger partial charge in [0.15, 0.2) is 0 Å². The van der Waals surface area contributed by atoms with Crippen LogP contribution in [-0.4, -0.2) is 58.0 Å². The van der Waals surface area contributed by atoms with E-state index in [1.54, 1.807) is 32.9 Å². The predicted molar refractivity (Wildman–Crippen MR) is 120 cm³/mol. The summed E-state index contributed by atoms with van der Waals surface area (Å²) in [6.45, 7) is 5.51. The summed E-state index contributed by atoms with van der Waals surface area (Å²) in [7, 11) is -2.49. The van der Waals surface area contributed by atoms with E-state index in [9.17, 15) is 18.0 Å². The number of benzene rings is 2. The minimum absolute atomic E-state index is 0.0156. The van der Waals surface area contributed by atoms with Gasteiger partial charge in [-0.15, -0.1) is 0 Å². The van der Waals surface area contributed by atoms with Gasteiger partial charge in [-0.2, -0.15) is 0 Å². The minimum atomic E-state index is -3.90. The highest BCUT2D eigenvalue weighted by Crippen LogP contribution is 2.34. The lowest BCUT2D eigenvalue weighted by atomic mass is 10.1. The van der Waals surface area contributed by atoms with E-state index < -0.39 is 21.9 Å². The van der Waals surface area contributed by atoms with Gasteiger partial charge in [0.05, 0.1) is 29.9 Å². The highest BCUT2D eigenvalue weighted by Gasteiger charge is 2.32. The Balaban J connectivity index is 2.00. The second-order valence-electron chi connectivity index (χ2n) is 7.65. The summed E-state index contributed by atoms with van der Waals surface area (Å²) < 4.78 is 38.5. The normalized spacial score (nSPS) is 13.1. The smallest absolute Gasteiger partial charge is 0.325 e. The van der Waals surface area contributed by atoms with Crippen molar-refractivity contribution in [2.45, 2.75) is 38.1 Å². The maximum atomic E-state index is 13.4. The van der Waals surface area contributed by atoms with Crippen molar-refractivity contribution in [1.29, 1.82) is 0 Å². The van der Waals surface area contributed by atoms with Gasteiger partial charge in [-0.3, -0.25) is 13.9 Å². The Morgan fingerprint density at radius 2 is 1.88 bits per heavy atom. The third kappa shape index (κ3) is 4.57. The number of amides is 1. The molecule has 9 heteroatoms. The minimum Gasteiger partial charge on any atom is -0.496 e. The molecule has 0 spiro atoms. The number of hydrogen-bond donors (Lipinski definition) is 0. The highest BCUT2D eigenvalue weighted by atomic mass is 32.2. The molecular formula is C23H28N2O6S. The molecule has 0 bridgehead atoms. The molecule has 0 N–H and O–H groups in total. The molecule has 1 amide bonds. The molecule has 1 aliphatic heterocycles. The number of carbonyl (C=O) groups is 2. The van der Waals surface area contributed by atoms with E-state index in [0.717, 1.165) is 5.56 Å². The fourth-order valence-electron chi connectivity index (χ4n) is 3.69. The van der Waals surface area contributed by atoms with Crippen LogP contribution in [-0.2, 0) is 26.0 Å². The lowest BCUT2D eigenvalue weighted by Gasteiger charge is -2.27. The molecule has 8 nitrogen and oxygen atoms in total. The third-order valence-electron chi connectivity index (χ3n) is 5.32. The van der Waals surface area contributed by atoms with Gasteiger partial charge < -0.3 is 14.4 Å². The molecule has 2 aromatic rings. The van der Waals surface area contributed by atoms with E-state index in [0.29, 0.717) is 18.7 Å². The van der Waals surface area contributed by atoms with Gasteiger partial charge in [-0.05, 0) is 57.0 Å². The molecule has 32 heavy (non-hydrogen) atoms. The van der Waals surface area contributed by atoms with Crippen molar-refractivity contribution in [2.75, 3.05) is 31.1 Å². The van der Waals surface area contributed by atoms with E-state index in [1.807, 2.05) is 12.1 Å². The molecule has 2 aromatic carbocycles. The molecule has 0 unspecified atom stereocenters. The lowest BCUT2D eigenvalue weighted by Crippen LogP contribution is -2.41. The first kappa shape index (κ1) is 23.6. The zero-order chi connectivity index (χ0) is 23.5. The first-order valence-corrected chi connectivity index (χ1v) is 11.9. The van der Waals surface area contributed by atoms with Crippen molar-refractivity contribution in [3.05, 3.63) is 53.6 Å². The first-order chi connectivity index (χ1) is 15.2. The Labute approximate surface area is 188 Å². The maximum Gasteiger partial charge on any atom is 0.325 e. The Kier molecular flexibility index (Phi) is 7.08. The summed E-state index contributed by atoms with van der Waals surface area (Å²) in [5.41, 5.74) is 1.67. The van der Waals surface area contributed by atoms with Gasteiger partial charge in [-0.25, -0.2) is 8.42 Å². The molecule has 0 aliphatic carbocycles. The first-order valence-electron chi connectivity index (χ1n) is 10.5. The van der Waals surface area contributed by atoms with E-state index in [4.69, 9.17) is 9.47 Å². The van der Waals surface area contributed by atoms with Crippen molar-refractivity contribution in [2.24, 2.45) is 0 Å². The van der Waals surface area contributed by atoms with Crippen LogP contribution in [0.15, 0.2) is 47.4 Å². The van der Waals surface area contributed by atoms with Crippen LogP contribution < -0.4 is 9.04 Å². The zero-order valence-corrected chi connectivity index (χ0v) is 19.5. The van der Waals surface area contributed by atoms with Gasteiger partial charge in [0.2, 0.25) is 0 Å². The van der Waals surface area contributed by atoms with Crippen LogP contribution in [0.25, 0.3) is 0 Å².